The van der Waals surface area contributed by atoms with Gasteiger partial charge < -0.3 is 15.1 Å². The highest BCUT2D eigenvalue weighted by Crippen LogP contribution is 2.26. The van der Waals surface area contributed by atoms with E-state index in [1.807, 2.05) is 0 Å². The number of rotatable bonds is 5. The Morgan fingerprint density at radius 1 is 1.18 bits per heavy atom. The van der Waals surface area contributed by atoms with Gasteiger partial charge in [-0.2, -0.15) is 0 Å². The molecule has 0 saturated carbocycles. The molecule has 1 aliphatic carbocycles. The maximum atomic E-state index is 12.1. The average molecular weight is 322 g/mol. The third-order valence-electron chi connectivity index (χ3n) is 3.40. The van der Waals surface area contributed by atoms with Crippen LogP contribution < -0.4 is 0 Å². The van der Waals surface area contributed by atoms with Gasteiger partial charge in [0.25, 0.3) is 0 Å². The van der Waals surface area contributed by atoms with Gasteiger partial charge in [-0.15, -0.1) is 0 Å². The lowest BCUT2D eigenvalue weighted by atomic mass is 9.94. The van der Waals surface area contributed by atoms with Crippen LogP contribution in [0.1, 0.15) is 5.56 Å². The van der Waals surface area contributed by atoms with Crippen LogP contribution in [0.15, 0.2) is 41.6 Å². The summed E-state index contributed by atoms with van der Waals surface area (Å²) in [7, 11) is 1.64. The Kier molecular flexibility index (Phi) is 5.00. The second kappa shape index (κ2) is 6.77. The first kappa shape index (κ1) is 16.3. The van der Waals surface area contributed by atoms with Crippen LogP contribution >= 0.6 is 11.6 Å². The van der Waals surface area contributed by atoms with Crippen molar-refractivity contribution in [1.82, 2.24) is 4.90 Å². The van der Waals surface area contributed by atoms with E-state index < -0.39 is 0 Å². The summed E-state index contributed by atoms with van der Waals surface area (Å²) in [6.45, 7) is 0.180. The van der Waals surface area contributed by atoms with Crippen molar-refractivity contribution < 1.29 is 19.8 Å². The largest absolute Gasteiger partial charge is 0.506 e. The van der Waals surface area contributed by atoms with Gasteiger partial charge in [-0.3, -0.25) is 9.59 Å². The van der Waals surface area contributed by atoms with E-state index in [0.29, 0.717) is 5.57 Å². The lowest BCUT2D eigenvalue weighted by molar-refractivity contribution is -0.116. The highest BCUT2D eigenvalue weighted by Gasteiger charge is 2.22. The van der Waals surface area contributed by atoms with Crippen molar-refractivity contribution in [2.75, 3.05) is 20.2 Å². The van der Waals surface area contributed by atoms with Crippen molar-refractivity contribution in [3.05, 3.63) is 52.2 Å². The molecule has 2 N–H and O–H groups in total. The Hall–Kier alpha value is -2.11. The molecule has 0 saturated heterocycles. The summed E-state index contributed by atoms with van der Waals surface area (Å²) in [5.41, 5.74) is 1.37. The maximum absolute atomic E-state index is 12.1. The first-order valence-electron chi connectivity index (χ1n) is 6.72. The summed E-state index contributed by atoms with van der Waals surface area (Å²) in [5, 5.41) is 18.5. The molecule has 1 aromatic carbocycles. The molecule has 6 heteroatoms. The molecule has 0 bridgehead atoms. The van der Waals surface area contributed by atoms with Crippen molar-refractivity contribution in [2.45, 2.75) is 6.42 Å². The fraction of sp³-hybridized carbons (Fsp3) is 0.250. The minimum Gasteiger partial charge on any atom is -0.506 e. The molecule has 0 radical (unpaired) electrons. The molecule has 0 aliphatic heterocycles. The predicted molar refractivity (Wildman–Crippen MR) is 82.7 cm³/mol. The molecule has 2 rings (SSSR count). The third kappa shape index (κ3) is 3.55. The van der Waals surface area contributed by atoms with E-state index in [4.69, 9.17) is 16.7 Å². The van der Waals surface area contributed by atoms with Crippen LogP contribution in [0.5, 0.6) is 5.75 Å². The van der Waals surface area contributed by atoms with E-state index in [0.717, 1.165) is 5.56 Å². The summed E-state index contributed by atoms with van der Waals surface area (Å²) in [6.07, 6.45) is 2.86. The van der Waals surface area contributed by atoms with Crippen molar-refractivity contribution >= 4 is 23.2 Å². The molecule has 0 amide bonds. The third-order valence-corrected chi connectivity index (χ3v) is 3.70. The zero-order valence-corrected chi connectivity index (χ0v) is 12.8. The molecular formula is C16H16ClNO4. The Morgan fingerprint density at radius 2 is 1.91 bits per heavy atom. The first-order valence-corrected chi connectivity index (χ1v) is 7.10. The summed E-state index contributed by atoms with van der Waals surface area (Å²) < 4.78 is 0. The van der Waals surface area contributed by atoms with Gasteiger partial charge in [0.05, 0.1) is 17.3 Å². The molecule has 0 unspecified atom stereocenters. The molecular weight excluding hydrogens is 306 g/mol. The van der Waals surface area contributed by atoms with Crippen LogP contribution in [0.4, 0.5) is 0 Å². The summed E-state index contributed by atoms with van der Waals surface area (Å²) in [4.78, 5) is 25.8. The number of carbonyl (C=O) groups excluding carboxylic acids is 2. The Morgan fingerprint density at radius 3 is 2.55 bits per heavy atom. The van der Waals surface area contributed by atoms with Crippen LogP contribution in [-0.2, 0) is 16.0 Å². The number of benzene rings is 1. The van der Waals surface area contributed by atoms with Crippen molar-refractivity contribution in [2.24, 2.45) is 0 Å². The van der Waals surface area contributed by atoms with E-state index >= 15 is 0 Å². The fourth-order valence-electron chi connectivity index (χ4n) is 2.18. The number of ketones is 2. The number of aliphatic hydroxyl groups excluding tert-OH is 1. The Labute approximate surface area is 133 Å². The first-order chi connectivity index (χ1) is 10.4. The zero-order chi connectivity index (χ0) is 16.3. The van der Waals surface area contributed by atoms with Crippen molar-refractivity contribution in [3.8, 4) is 5.75 Å². The highest BCUT2D eigenvalue weighted by molar-refractivity contribution is 6.32. The second-order valence-corrected chi connectivity index (χ2v) is 5.44. The van der Waals surface area contributed by atoms with Crippen molar-refractivity contribution in [3.63, 3.8) is 0 Å². The summed E-state index contributed by atoms with van der Waals surface area (Å²) >= 11 is 5.83. The lowest BCUT2D eigenvalue weighted by Crippen LogP contribution is -2.29. The number of phenolic OH excluding ortho intramolecular Hbond substituents is 1. The summed E-state index contributed by atoms with van der Waals surface area (Å²) in [5.74, 6) is -0.544. The van der Waals surface area contributed by atoms with E-state index in [-0.39, 0.29) is 47.6 Å². The normalized spacial score (nSPS) is 14.7. The number of likely N-dealkylation sites (N-methyl/N-ethyl adjacent to an activating group) is 1. The van der Waals surface area contributed by atoms with Gasteiger partial charge in [-0.05, 0) is 23.8 Å². The highest BCUT2D eigenvalue weighted by atomic mass is 35.5. The van der Waals surface area contributed by atoms with Gasteiger partial charge in [0.15, 0.2) is 5.78 Å². The van der Waals surface area contributed by atoms with Crippen LogP contribution in [0.25, 0.3) is 0 Å². The topological polar surface area (TPSA) is 77.8 Å². The van der Waals surface area contributed by atoms with Gasteiger partial charge in [0.1, 0.15) is 5.75 Å². The molecule has 0 atom stereocenters. The number of aliphatic hydroxyl groups is 1. The smallest absolute Gasteiger partial charge is 0.202 e. The second-order valence-electron chi connectivity index (χ2n) is 5.04. The number of aromatic hydroxyl groups is 1. The van der Waals surface area contributed by atoms with E-state index in [1.54, 1.807) is 24.1 Å². The molecule has 0 fully saturated rings. The lowest BCUT2D eigenvalue weighted by Gasteiger charge is -2.22. The summed E-state index contributed by atoms with van der Waals surface area (Å²) in [6, 6.07) is 4.66. The van der Waals surface area contributed by atoms with Crippen LogP contribution in [0.3, 0.4) is 0 Å². The zero-order valence-electron chi connectivity index (χ0n) is 12.0. The molecule has 5 nitrogen and oxygen atoms in total. The van der Waals surface area contributed by atoms with E-state index in [1.165, 1.54) is 18.2 Å². The Balaban J connectivity index is 2.17. The number of allylic oxidation sites excluding steroid dienone is 3. The van der Waals surface area contributed by atoms with E-state index in [2.05, 4.69) is 0 Å². The number of phenols is 1. The van der Waals surface area contributed by atoms with Crippen LogP contribution in [0, 0.1) is 0 Å². The molecule has 1 aromatic rings. The monoisotopic (exact) mass is 321 g/mol. The number of carbonyl (C=O) groups is 2. The molecule has 116 valence electrons. The van der Waals surface area contributed by atoms with Crippen molar-refractivity contribution in [1.29, 1.82) is 0 Å². The van der Waals surface area contributed by atoms with Gasteiger partial charge in [-0.25, -0.2) is 0 Å². The van der Waals surface area contributed by atoms with Crippen LogP contribution in [-0.4, -0.2) is 46.9 Å². The predicted octanol–water partition coefficient (Wildman–Crippen LogP) is 1.47. The fourth-order valence-corrected chi connectivity index (χ4v) is 2.38. The number of halogens is 1. The molecule has 0 spiro atoms. The van der Waals surface area contributed by atoms with Gasteiger partial charge >= 0.3 is 0 Å². The van der Waals surface area contributed by atoms with Gasteiger partial charge in [0, 0.05) is 31.7 Å². The minimum atomic E-state index is -0.268. The molecule has 0 heterocycles. The van der Waals surface area contributed by atoms with Gasteiger partial charge in [-0.1, -0.05) is 17.7 Å². The van der Waals surface area contributed by atoms with E-state index in [9.17, 15) is 14.7 Å². The number of nitrogens with zero attached hydrogens (tertiary/aromatic N) is 1. The number of hydrogen-bond donors (Lipinski definition) is 2. The SMILES string of the molecule is CN(CCO)C1=CC(=O)C(Cc2ccc(O)c(Cl)c2)=CC1=O. The quantitative estimate of drug-likeness (QED) is 0.803. The van der Waals surface area contributed by atoms with Crippen LogP contribution in [0.2, 0.25) is 5.02 Å². The van der Waals surface area contributed by atoms with Gasteiger partial charge in [0.2, 0.25) is 5.78 Å². The standard InChI is InChI=1S/C16H16ClNO4/c1-18(4-5-19)13-9-15(21)11(8-16(13)22)6-10-2-3-14(20)12(17)7-10/h2-3,7-9,19-20H,4-6H2,1H3. The minimum absolute atomic E-state index is 0.0294. The molecule has 22 heavy (non-hydrogen) atoms. The molecule has 1 aliphatic rings. The number of hydrogen-bond acceptors (Lipinski definition) is 5. The average Bonchev–Trinajstić information content (AvgIpc) is 2.46. The maximum Gasteiger partial charge on any atom is 0.202 e. The Bertz CT molecular complexity index is 679. The molecule has 0 aromatic heterocycles.